The smallest absolute Gasteiger partial charge is 0.387 e. The maximum atomic E-state index is 12.4. The Hall–Kier alpha value is -2.81. The second-order valence-electron chi connectivity index (χ2n) is 5.14. The van der Waals surface area contributed by atoms with Gasteiger partial charge in [0.15, 0.2) is 5.16 Å². The van der Waals surface area contributed by atoms with E-state index >= 15 is 0 Å². The first kappa shape index (κ1) is 18.0. The number of benzene rings is 2. The molecule has 1 amide bonds. The fraction of sp³-hybridized carbons (Fsp3) is 0.176. The van der Waals surface area contributed by atoms with Crippen LogP contribution in [0.4, 0.5) is 14.5 Å². The molecule has 3 aromatic rings. The minimum absolute atomic E-state index is 0.0555. The van der Waals surface area contributed by atoms with Gasteiger partial charge in [-0.3, -0.25) is 4.79 Å². The van der Waals surface area contributed by atoms with Gasteiger partial charge in [0.2, 0.25) is 5.91 Å². The second-order valence-corrected chi connectivity index (χ2v) is 6.10. The Kier molecular flexibility index (Phi) is 5.57. The number of alkyl halides is 2. The number of methoxy groups -OCH3 is 1. The van der Waals surface area contributed by atoms with Gasteiger partial charge in [0.05, 0.1) is 29.6 Å². The van der Waals surface area contributed by atoms with Crippen molar-refractivity contribution in [1.82, 2.24) is 9.97 Å². The summed E-state index contributed by atoms with van der Waals surface area (Å²) in [5.74, 6) is 0.307. The van der Waals surface area contributed by atoms with Crippen LogP contribution in [0.2, 0.25) is 0 Å². The number of imidazole rings is 1. The maximum absolute atomic E-state index is 12.4. The van der Waals surface area contributed by atoms with Crippen LogP contribution in [0, 0.1) is 0 Å². The average molecular weight is 379 g/mol. The molecule has 3 rings (SSSR count). The fourth-order valence-corrected chi connectivity index (χ4v) is 2.93. The second kappa shape index (κ2) is 8.05. The third-order valence-electron chi connectivity index (χ3n) is 3.38. The summed E-state index contributed by atoms with van der Waals surface area (Å²) < 4.78 is 34.3. The van der Waals surface area contributed by atoms with Gasteiger partial charge in [-0.1, -0.05) is 23.9 Å². The molecule has 1 aromatic heterocycles. The highest BCUT2D eigenvalue weighted by Crippen LogP contribution is 2.26. The van der Waals surface area contributed by atoms with Gasteiger partial charge in [0.1, 0.15) is 11.5 Å². The van der Waals surface area contributed by atoms with Crippen molar-refractivity contribution < 1.29 is 23.0 Å². The molecule has 0 atom stereocenters. The predicted octanol–water partition coefficient (Wildman–Crippen LogP) is 3.90. The lowest BCUT2D eigenvalue weighted by atomic mass is 10.3. The summed E-state index contributed by atoms with van der Waals surface area (Å²) in [7, 11) is 1.58. The molecule has 1 heterocycles. The molecular formula is C17H15F2N3O3S. The van der Waals surface area contributed by atoms with Crippen LogP contribution < -0.4 is 14.8 Å². The number of halogens is 2. The molecule has 6 nitrogen and oxygen atoms in total. The predicted molar refractivity (Wildman–Crippen MR) is 95.1 cm³/mol. The first-order valence-electron chi connectivity index (χ1n) is 7.55. The van der Waals surface area contributed by atoms with E-state index in [1.54, 1.807) is 25.3 Å². The topological polar surface area (TPSA) is 76.2 Å². The van der Waals surface area contributed by atoms with Gasteiger partial charge < -0.3 is 19.8 Å². The van der Waals surface area contributed by atoms with Crippen LogP contribution in [0.1, 0.15) is 0 Å². The van der Waals surface area contributed by atoms with Crippen LogP contribution in [0.15, 0.2) is 47.6 Å². The van der Waals surface area contributed by atoms with Crippen LogP contribution in [0.5, 0.6) is 11.5 Å². The summed E-state index contributed by atoms with van der Waals surface area (Å²) >= 11 is 1.20. The molecule has 0 aliphatic rings. The van der Waals surface area contributed by atoms with Gasteiger partial charge in [-0.2, -0.15) is 8.78 Å². The molecule has 0 saturated heterocycles. The van der Waals surface area contributed by atoms with Crippen LogP contribution >= 0.6 is 11.8 Å². The number of amides is 1. The maximum Gasteiger partial charge on any atom is 0.387 e. The van der Waals surface area contributed by atoms with Crippen LogP contribution in [0.3, 0.4) is 0 Å². The first-order valence-corrected chi connectivity index (χ1v) is 8.54. The number of carbonyl (C=O) groups is 1. The Morgan fingerprint density at radius 1 is 1.31 bits per heavy atom. The van der Waals surface area contributed by atoms with Gasteiger partial charge in [0, 0.05) is 6.07 Å². The number of ether oxygens (including phenoxy) is 2. The number of aromatic amines is 1. The van der Waals surface area contributed by atoms with Crippen molar-refractivity contribution in [3.8, 4) is 11.5 Å². The Morgan fingerprint density at radius 2 is 2.12 bits per heavy atom. The Bertz CT molecular complexity index is 917. The van der Waals surface area contributed by atoms with Gasteiger partial charge in [-0.05, 0) is 24.3 Å². The highest BCUT2D eigenvalue weighted by Gasteiger charge is 2.13. The van der Waals surface area contributed by atoms with Crippen molar-refractivity contribution in [3.05, 3.63) is 42.5 Å². The Morgan fingerprint density at radius 3 is 2.88 bits per heavy atom. The number of anilines is 1. The molecule has 0 spiro atoms. The number of nitrogens with zero attached hydrogens (tertiary/aromatic N) is 1. The normalized spacial score (nSPS) is 10.9. The first-order chi connectivity index (χ1) is 12.5. The highest BCUT2D eigenvalue weighted by atomic mass is 32.2. The van der Waals surface area contributed by atoms with Crippen LogP contribution in [-0.2, 0) is 4.79 Å². The number of nitrogens with one attached hydrogen (secondary N) is 2. The van der Waals surface area contributed by atoms with E-state index in [1.807, 2.05) is 12.1 Å². The van der Waals surface area contributed by atoms with Crippen molar-refractivity contribution in [2.75, 3.05) is 18.2 Å². The van der Waals surface area contributed by atoms with Gasteiger partial charge in [-0.25, -0.2) is 4.98 Å². The van der Waals surface area contributed by atoms with E-state index in [-0.39, 0.29) is 23.1 Å². The zero-order valence-corrected chi connectivity index (χ0v) is 14.5. The number of hydrogen-bond acceptors (Lipinski definition) is 5. The lowest BCUT2D eigenvalue weighted by molar-refractivity contribution is -0.113. The number of thioether (sulfide) groups is 1. The van der Waals surface area contributed by atoms with Gasteiger partial charge in [-0.15, -0.1) is 0 Å². The number of H-pyrrole nitrogens is 1. The summed E-state index contributed by atoms with van der Waals surface area (Å²) in [6, 6.07) is 11.4. The van der Waals surface area contributed by atoms with Crippen LogP contribution in [0.25, 0.3) is 11.0 Å². The van der Waals surface area contributed by atoms with Crippen molar-refractivity contribution >= 4 is 34.4 Å². The van der Waals surface area contributed by atoms with Crippen molar-refractivity contribution in [2.45, 2.75) is 11.8 Å². The third kappa shape index (κ3) is 4.42. The summed E-state index contributed by atoms with van der Waals surface area (Å²) in [6.07, 6.45) is 0. The summed E-state index contributed by atoms with van der Waals surface area (Å²) in [6.45, 7) is -2.96. The number of aromatic nitrogens is 2. The monoisotopic (exact) mass is 379 g/mol. The fourth-order valence-electron chi connectivity index (χ4n) is 2.25. The number of fused-ring (bicyclic) bond motifs is 1. The van der Waals surface area contributed by atoms with E-state index in [1.165, 1.54) is 23.9 Å². The summed E-state index contributed by atoms with van der Waals surface area (Å²) in [5.41, 5.74) is 1.74. The number of hydrogen-bond donors (Lipinski definition) is 2. The highest BCUT2D eigenvalue weighted by molar-refractivity contribution is 7.99. The van der Waals surface area contributed by atoms with Gasteiger partial charge >= 0.3 is 6.61 Å². The van der Waals surface area contributed by atoms with E-state index < -0.39 is 6.61 Å². The van der Waals surface area contributed by atoms with Crippen molar-refractivity contribution in [3.63, 3.8) is 0 Å². The summed E-state index contributed by atoms with van der Waals surface area (Å²) in [5, 5.41) is 3.13. The zero-order chi connectivity index (χ0) is 18.5. The molecule has 26 heavy (non-hydrogen) atoms. The minimum atomic E-state index is -2.96. The molecular weight excluding hydrogens is 364 g/mol. The lowest BCUT2D eigenvalue weighted by Crippen LogP contribution is -2.15. The molecule has 0 bridgehead atoms. The van der Waals surface area contributed by atoms with E-state index in [0.717, 1.165) is 11.0 Å². The molecule has 136 valence electrons. The third-order valence-corrected chi connectivity index (χ3v) is 4.26. The molecule has 2 N–H and O–H groups in total. The Balaban J connectivity index is 1.62. The lowest BCUT2D eigenvalue weighted by Gasteiger charge is -2.11. The average Bonchev–Trinajstić information content (AvgIpc) is 3.03. The summed E-state index contributed by atoms with van der Waals surface area (Å²) in [4.78, 5) is 19.6. The SMILES string of the molecule is COc1ccc2nc(SCC(=O)Nc3ccccc3OC(F)F)[nH]c2c1. The molecule has 0 aliphatic carbocycles. The standard InChI is InChI=1S/C17H15F2N3O3S/c1-24-10-6-7-11-13(8-10)22-17(21-11)26-9-15(23)20-12-4-2-3-5-14(12)25-16(18)19/h2-8,16H,9H2,1H3,(H,20,23)(H,21,22). The quantitative estimate of drug-likeness (QED) is 0.609. The van der Waals surface area contributed by atoms with E-state index in [9.17, 15) is 13.6 Å². The van der Waals surface area contributed by atoms with Crippen molar-refractivity contribution in [2.24, 2.45) is 0 Å². The molecule has 0 aliphatic heterocycles. The van der Waals surface area contributed by atoms with E-state index in [4.69, 9.17) is 4.74 Å². The minimum Gasteiger partial charge on any atom is -0.497 e. The zero-order valence-electron chi connectivity index (χ0n) is 13.7. The number of rotatable bonds is 7. The number of para-hydroxylation sites is 2. The molecule has 0 unspecified atom stereocenters. The molecule has 0 radical (unpaired) electrons. The van der Waals surface area contributed by atoms with E-state index in [2.05, 4.69) is 20.0 Å². The molecule has 0 fully saturated rings. The largest absolute Gasteiger partial charge is 0.497 e. The van der Waals surface area contributed by atoms with E-state index in [0.29, 0.717) is 10.9 Å². The molecule has 2 aromatic carbocycles. The van der Waals surface area contributed by atoms with Gasteiger partial charge in [0.25, 0.3) is 0 Å². The Labute approximate surface area is 151 Å². The van der Waals surface area contributed by atoms with Crippen molar-refractivity contribution in [1.29, 1.82) is 0 Å². The molecule has 9 heteroatoms. The number of carbonyl (C=O) groups excluding carboxylic acids is 1. The molecule has 0 saturated carbocycles. The van der Waals surface area contributed by atoms with Crippen LogP contribution in [-0.4, -0.2) is 35.3 Å².